The van der Waals surface area contributed by atoms with E-state index in [1.165, 1.54) is 4.90 Å². The molecule has 0 radical (unpaired) electrons. The number of likely N-dealkylation sites (tertiary alicyclic amines) is 1. The number of hydrogen-bond acceptors (Lipinski definition) is 2. The molecule has 2 fully saturated rings. The Labute approximate surface area is 156 Å². The number of rotatable bonds is 6. The number of amides is 2. The smallest absolute Gasteiger partial charge is 0.338 e. The highest BCUT2D eigenvalue weighted by Gasteiger charge is 2.35. The first-order valence-electron chi connectivity index (χ1n) is 8.89. The molecule has 2 unspecified atom stereocenters. The van der Waals surface area contributed by atoms with Crippen molar-refractivity contribution in [1.29, 1.82) is 0 Å². The molecule has 2 atom stereocenters. The summed E-state index contributed by atoms with van der Waals surface area (Å²) in [6.07, 6.45) is -1.36. The number of nitrogens with zero attached hydrogens (tertiary/aromatic N) is 1. The van der Waals surface area contributed by atoms with Crippen LogP contribution in [0.5, 0.6) is 0 Å². The molecule has 26 heavy (non-hydrogen) atoms. The third-order valence-electron chi connectivity index (χ3n) is 4.93. The van der Waals surface area contributed by atoms with Crippen LogP contribution in [-0.4, -0.2) is 43.3 Å². The van der Waals surface area contributed by atoms with Crippen LogP contribution >= 0.6 is 11.6 Å². The third-order valence-corrected chi connectivity index (χ3v) is 5.19. The molecule has 3 rings (SSSR count). The lowest BCUT2D eigenvalue weighted by Crippen LogP contribution is -2.41. The molecule has 1 saturated heterocycles. The first kappa shape index (κ1) is 19.3. The zero-order chi connectivity index (χ0) is 18.7. The van der Waals surface area contributed by atoms with E-state index < -0.39 is 12.7 Å². The van der Waals surface area contributed by atoms with Crippen LogP contribution in [0.4, 0.5) is 18.0 Å². The maximum absolute atomic E-state index is 12.4. The Morgan fingerprint density at radius 3 is 2.54 bits per heavy atom. The van der Waals surface area contributed by atoms with Crippen molar-refractivity contribution in [1.82, 2.24) is 15.5 Å². The molecular weight excluding hydrogens is 367 g/mol. The SMILES string of the molecule is O=C(NCC1CCN(CC(F)(F)F)C1)NC(c1ccc(Cl)cc1)C1CC1. The Balaban J connectivity index is 1.45. The van der Waals surface area contributed by atoms with E-state index in [4.69, 9.17) is 11.6 Å². The van der Waals surface area contributed by atoms with Gasteiger partial charge >= 0.3 is 12.2 Å². The lowest BCUT2D eigenvalue weighted by molar-refractivity contribution is -0.143. The van der Waals surface area contributed by atoms with Crippen molar-refractivity contribution in [3.05, 3.63) is 34.9 Å². The average molecular weight is 390 g/mol. The minimum absolute atomic E-state index is 0.0537. The van der Waals surface area contributed by atoms with Gasteiger partial charge in [0, 0.05) is 18.1 Å². The molecule has 1 saturated carbocycles. The summed E-state index contributed by atoms with van der Waals surface area (Å²) in [5.41, 5.74) is 1.02. The summed E-state index contributed by atoms with van der Waals surface area (Å²) in [6.45, 7) is 0.292. The van der Waals surface area contributed by atoms with Crippen LogP contribution in [0.3, 0.4) is 0 Å². The first-order chi connectivity index (χ1) is 12.3. The van der Waals surface area contributed by atoms with Crippen molar-refractivity contribution >= 4 is 17.6 Å². The van der Waals surface area contributed by atoms with Gasteiger partial charge in [0.1, 0.15) is 0 Å². The standard InChI is InChI=1S/C18H23ClF3N3O/c19-15-5-3-14(4-6-15)16(13-1-2-13)24-17(26)23-9-12-7-8-25(10-12)11-18(20,21)22/h3-6,12-13,16H,1-2,7-11H2,(H2,23,24,26). The molecule has 1 aliphatic carbocycles. The zero-order valence-corrected chi connectivity index (χ0v) is 15.1. The van der Waals surface area contributed by atoms with Crippen molar-refractivity contribution < 1.29 is 18.0 Å². The number of nitrogens with one attached hydrogen (secondary N) is 2. The summed E-state index contributed by atoms with van der Waals surface area (Å²) in [5, 5.41) is 6.47. The largest absolute Gasteiger partial charge is 0.401 e. The van der Waals surface area contributed by atoms with Gasteiger partial charge in [-0.1, -0.05) is 23.7 Å². The van der Waals surface area contributed by atoms with E-state index >= 15 is 0 Å². The summed E-state index contributed by atoms with van der Waals surface area (Å²) in [4.78, 5) is 13.6. The average Bonchev–Trinajstić information content (AvgIpc) is 3.31. The van der Waals surface area contributed by atoms with E-state index in [1.807, 2.05) is 12.1 Å². The topological polar surface area (TPSA) is 44.4 Å². The minimum Gasteiger partial charge on any atom is -0.338 e. The second-order valence-corrected chi connectivity index (χ2v) is 7.66. The summed E-state index contributed by atoms with van der Waals surface area (Å²) in [6, 6.07) is 7.11. The normalized spacial score (nSPS) is 22.2. The molecule has 1 aromatic carbocycles. The number of carbonyl (C=O) groups is 1. The molecule has 0 spiro atoms. The summed E-state index contributed by atoms with van der Waals surface area (Å²) >= 11 is 5.92. The summed E-state index contributed by atoms with van der Waals surface area (Å²) < 4.78 is 37.3. The molecule has 4 nitrogen and oxygen atoms in total. The van der Waals surface area contributed by atoms with Crippen LogP contribution in [0.2, 0.25) is 5.02 Å². The molecule has 8 heteroatoms. The lowest BCUT2D eigenvalue weighted by atomic mass is 10.0. The molecule has 1 aliphatic heterocycles. The Morgan fingerprint density at radius 2 is 1.92 bits per heavy atom. The van der Waals surface area contributed by atoms with Gasteiger partial charge in [0.2, 0.25) is 0 Å². The van der Waals surface area contributed by atoms with Crippen LogP contribution in [-0.2, 0) is 0 Å². The minimum atomic E-state index is -4.17. The fourth-order valence-electron chi connectivity index (χ4n) is 3.48. The molecule has 144 valence electrons. The fourth-order valence-corrected chi connectivity index (χ4v) is 3.60. The fraction of sp³-hybridized carbons (Fsp3) is 0.611. The zero-order valence-electron chi connectivity index (χ0n) is 14.4. The van der Waals surface area contributed by atoms with E-state index in [1.54, 1.807) is 12.1 Å². The van der Waals surface area contributed by atoms with Crippen LogP contribution in [0.1, 0.15) is 30.9 Å². The molecule has 0 aromatic heterocycles. The van der Waals surface area contributed by atoms with Gasteiger partial charge in [-0.25, -0.2) is 4.79 Å². The third kappa shape index (κ3) is 5.77. The molecule has 0 bridgehead atoms. The highest BCUT2D eigenvalue weighted by atomic mass is 35.5. The van der Waals surface area contributed by atoms with Crippen molar-refractivity contribution in [2.24, 2.45) is 11.8 Å². The van der Waals surface area contributed by atoms with Gasteiger partial charge < -0.3 is 10.6 Å². The number of benzene rings is 1. The van der Waals surface area contributed by atoms with E-state index in [0.717, 1.165) is 18.4 Å². The van der Waals surface area contributed by atoms with E-state index in [-0.39, 0.29) is 18.0 Å². The van der Waals surface area contributed by atoms with Crippen molar-refractivity contribution in [2.45, 2.75) is 31.5 Å². The highest BCUT2D eigenvalue weighted by molar-refractivity contribution is 6.30. The van der Waals surface area contributed by atoms with Gasteiger partial charge in [-0.3, -0.25) is 4.90 Å². The number of halogens is 4. The Morgan fingerprint density at radius 1 is 1.23 bits per heavy atom. The van der Waals surface area contributed by atoms with Gasteiger partial charge in [-0.15, -0.1) is 0 Å². The Bertz CT molecular complexity index is 619. The Hall–Kier alpha value is -1.47. The number of hydrogen-bond donors (Lipinski definition) is 2. The maximum Gasteiger partial charge on any atom is 0.401 e. The molecular formula is C18H23ClF3N3O. The number of carbonyl (C=O) groups excluding carboxylic acids is 1. The molecule has 2 amide bonds. The van der Waals surface area contributed by atoms with E-state index in [9.17, 15) is 18.0 Å². The highest BCUT2D eigenvalue weighted by Crippen LogP contribution is 2.41. The van der Waals surface area contributed by atoms with Crippen LogP contribution in [0.25, 0.3) is 0 Å². The second kappa shape index (κ2) is 8.05. The predicted molar refractivity (Wildman–Crippen MR) is 94.1 cm³/mol. The maximum atomic E-state index is 12.4. The lowest BCUT2D eigenvalue weighted by Gasteiger charge is -2.21. The molecule has 2 N–H and O–H groups in total. The van der Waals surface area contributed by atoms with Crippen molar-refractivity contribution in [3.63, 3.8) is 0 Å². The molecule has 1 aromatic rings. The molecule has 2 aliphatic rings. The number of alkyl halides is 3. The van der Waals surface area contributed by atoms with Crippen LogP contribution in [0.15, 0.2) is 24.3 Å². The van der Waals surface area contributed by atoms with Gasteiger partial charge in [0.25, 0.3) is 0 Å². The Kier molecular flexibility index (Phi) is 5.97. The molecule has 1 heterocycles. The quantitative estimate of drug-likeness (QED) is 0.773. The van der Waals surface area contributed by atoms with Gasteiger partial charge in [-0.05, 0) is 55.3 Å². The van der Waals surface area contributed by atoms with Crippen molar-refractivity contribution in [2.75, 3.05) is 26.2 Å². The summed E-state index contributed by atoms with van der Waals surface area (Å²) in [5.74, 6) is 0.480. The van der Waals surface area contributed by atoms with Gasteiger partial charge in [-0.2, -0.15) is 13.2 Å². The van der Waals surface area contributed by atoms with Crippen LogP contribution < -0.4 is 10.6 Å². The number of urea groups is 1. The first-order valence-corrected chi connectivity index (χ1v) is 9.27. The summed E-state index contributed by atoms with van der Waals surface area (Å²) in [7, 11) is 0. The second-order valence-electron chi connectivity index (χ2n) is 7.23. The predicted octanol–water partition coefficient (Wildman–Crippen LogP) is 3.97. The van der Waals surface area contributed by atoms with Gasteiger partial charge in [0.05, 0.1) is 12.6 Å². The van der Waals surface area contributed by atoms with Gasteiger partial charge in [0.15, 0.2) is 0 Å². The van der Waals surface area contributed by atoms with E-state index in [2.05, 4.69) is 10.6 Å². The van der Waals surface area contributed by atoms with Crippen LogP contribution in [0, 0.1) is 11.8 Å². The van der Waals surface area contributed by atoms with Crippen molar-refractivity contribution in [3.8, 4) is 0 Å². The van der Waals surface area contributed by atoms with E-state index in [0.29, 0.717) is 37.0 Å². The monoisotopic (exact) mass is 389 g/mol.